The maximum Gasteiger partial charge on any atom is 0.164 e. The second-order valence-electron chi connectivity index (χ2n) is 14.9. The lowest BCUT2D eigenvalue weighted by molar-refractivity contribution is 0.669. The SMILES string of the molecule is c1ccc(-c2ccc(-c3cc(-c4ccccc4)cc(-c4ccc(-c5nc(-c6ccccc6)nc(-c6ccc7c(c6)oc6cc8ccccc8cc67)n5)cc4)c3)cc2)cc1. The molecule has 0 saturated carbocycles. The van der Waals surface area contributed by atoms with E-state index in [1.807, 2.05) is 36.4 Å². The van der Waals surface area contributed by atoms with Crippen LogP contribution in [0.2, 0.25) is 0 Å². The number of aromatic nitrogens is 3. The molecule has 59 heavy (non-hydrogen) atoms. The molecule has 11 rings (SSSR count). The molecule has 0 spiro atoms. The van der Waals surface area contributed by atoms with E-state index in [1.165, 1.54) is 33.2 Å². The van der Waals surface area contributed by atoms with E-state index in [0.717, 1.165) is 60.7 Å². The highest BCUT2D eigenvalue weighted by atomic mass is 16.3. The highest BCUT2D eigenvalue weighted by Crippen LogP contribution is 2.37. The fourth-order valence-corrected chi connectivity index (χ4v) is 8.01. The number of fused-ring (bicyclic) bond motifs is 4. The van der Waals surface area contributed by atoms with Crippen molar-refractivity contribution in [3.63, 3.8) is 0 Å². The number of hydrogen-bond acceptors (Lipinski definition) is 4. The summed E-state index contributed by atoms with van der Waals surface area (Å²) in [6.07, 6.45) is 0. The van der Waals surface area contributed by atoms with Crippen LogP contribution in [0.4, 0.5) is 0 Å². The van der Waals surface area contributed by atoms with E-state index in [9.17, 15) is 0 Å². The third kappa shape index (κ3) is 6.63. The van der Waals surface area contributed by atoms with Crippen molar-refractivity contribution >= 4 is 32.7 Å². The van der Waals surface area contributed by atoms with Crippen molar-refractivity contribution in [3.8, 4) is 78.7 Å². The first-order valence-corrected chi connectivity index (χ1v) is 19.8. The molecule has 11 aromatic rings. The van der Waals surface area contributed by atoms with Gasteiger partial charge in [0.25, 0.3) is 0 Å². The summed E-state index contributed by atoms with van der Waals surface area (Å²) in [5.41, 5.74) is 13.7. The zero-order valence-corrected chi connectivity index (χ0v) is 32.0. The highest BCUT2D eigenvalue weighted by molar-refractivity contribution is 6.10. The lowest BCUT2D eigenvalue weighted by atomic mass is 9.92. The van der Waals surface area contributed by atoms with Gasteiger partial charge in [-0.15, -0.1) is 0 Å². The first kappa shape index (κ1) is 34.3. The van der Waals surface area contributed by atoms with Crippen LogP contribution in [0.3, 0.4) is 0 Å². The lowest BCUT2D eigenvalue weighted by Gasteiger charge is -2.13. The van der Waals surface area contributed by atoms with E-state index in [4.69, 9.17) is 19.4 Å². The molecule has 0 aliphatic heterocycles. The third-order valence-corrected chi connectivity index (χ3v) is 11.1. The van der Waals surface area contributed by atoms with Crippen LogP contribution in [0.1, 0.15) is 0 Å². The quantitative estimate of drug-likeness (QED) is 0.163. The molecule has 0 bridgehead atoms. The summed E-state index contributed by atoms with van der Waals surface area (Å²) in [4.78, 5) is 15.1. The summed E-state index contributed by atoms with van der Waals surface area (Å²) in [6.45, 7) is 0. The summed E-state index contributed by atoms with van der Waals surface area (Å²) in [5, 5.41) is 4.49. The summed E-state index contributed by atoms with van der Waals surface area (Å²) in [7, 11) is 0. The Morgan fingerprint density at radius 1 is 0.237 bits per heavy atom. The predicted octanol–water partition coefficient (Wildman–Crippen LogP) is 14.6. The monoisotopic (exact) mass is 753 g/mol. The van der Waals surface area contributed by atoms with Gasteiger partial charge < -0.3 is 4.42 Å². The van der Waals surface area contributed by atoms with Gasteiger partial charge in [-0.1, -0.05) is 170 Å². The van der Waals surface area contributed by atoms with E-state index in [-0.39, 0.29) is 0 Å². The average molecular weight is 754 g/mol. The number of furan rings is 1. The molecule has 0 N–H and O–H groups in total. The topological polar surface area (TPSA) is 51.8 Å². The second-order valence-corrected chi connectivity index (χ2v) is 14.9. The zero-order chi connectivity index (χ0) is 39.1. The molecular weight excluding hydrogens is 719 g/mol. The molecule has 0 amide bonds. The van der Waals surface area contributed by atoms with Gasteiger partial charge >= 0.3 is 0 Å². The summed E-state index contributed by atoms with van der Waals surface area (Å²) in [5.74, 6) is 1.81. The maximum atomic E-state index is 6.43. The van der Waals surface area contributed by atoms with Crippen molar-refractivity contribution in [1.82, 2.24) is 15.0 Å². The van der Waals surface area contributed by atoms with Crippen molar-refractivity contribution in [1.29, 1.82) is 0 Å². The van der Waals surface area contributed by atoms with E-state index < -0.39 is 0 Å². The van der Waals surface area contributed by atoms with Gasteiger partial charge in [-0.3, -0.25) is 0 Å². The normalized spacial score (nSPS) is 11.4. The van der Waals surface area contributed by atoms with Crippen LogP contribution in [0.25, 0.3) is 111 Å². The Morgan fingerprint density at radius 2 is 0.593 bits per heavy atom. The summed E-state index contributed by atoms with van der Waals surface area (Å²) in [6, 6.07) is 74.3. The van der Waals surface area contributed by atoms with Crippen LogP contribution in [-0.2, 0) is 0 Å². The van der Waals surface area contributed by atoms with Crippen LogP contribution in [0.15, 0.2) is 217 Å². The molecule has 276 valence electrons. The maximum absolute atomic E-state index is 6.43. The van der Waals surface area contributed by atoms with Crippen LogP contribution in [0.5, 0.6) is 0 Å². The first-order valence-electron chi connectivity index (χ1n) is 19.8. The smallest absolute Gasteiger partial charge is 0.164 e. The zero-order valence-electron chi connectivity index (χ0n) is 32.0. The molecule has 2 aromatic heterocycles. The van der Waals surface area contributed by atoms with E-state index >= 15 is 0 Å². The average Bonchev–Trinajstić information content (AvgIpc) is 3.68. The first-order chi connectivity index (χ1) is 29.2. The number of benzene rings is 9. The van der Waals surface area contributed by atoms with Gasteiger partial charge in [-0.05, 0) is 97.7 Å². The van der Waals surface area contributed by atoms with Crippen LogP contribution < -0.4 is 0 Å². The van der Waals surface area contributed by atoms with Gasteiger partial charge in [0.05, 0.1) is 0 Å². The van der Waals surface area contributed by atoms with Crippen LogP contribution in [-0.4, -0.2) is 15.0 Å². The van der Waals surface area contributed by atoms with Gasteiger partial charge in [0.1, 0.15) is 11.2 Å². The van der Waals surface area contributed by atoms with Crippen molar-refractivity contribution in [2.45, 2.75) is 0 Å². The molecule has 0 unspecified atom stereocenters. The summed E-state index contributed by atoms with van der Waals surface area (Å²) < 4.78 is 6.43. The molecule has 0 fully saturated rings. The minimum absolute atomic E-state index is 0.587. The fourth-order valence-electron chi connectivity index (χ4n) is 8.01. The van der Waals surface area contributed by atoms with Crippen LogP contribution in [0, 0.1) is 0 Å². The van der Waals surface area contributed by atoms with E-state index in [1.54, 1.807) is 0 Å². The Hall–Kier alpha value is -7.95. The van der Waals surface area contributed by atoms with Crippen molar-refractivity contribution in [2.24, 2.45) is 0 Å². The number of rotatable bonds is 7. The fraction of sp³-hybridized carbons (Fsp3) is 0. The predicted molar refractivity (Wildman–Crippen MR) is 243 cm³/mol. The Bertz CT molecular complexity index is 3280. The molecule has 0 aliphatic rings. The summed E-state index contributed by atoms with van der Waals surface area (Å²) >= 11 is 0. The van der Waals surface area contributed by atoms with Gasteiger partial charge in [0.2, 0.25) is 0 Å². The molecule has 9 aromatic carbocycles. The van der Waals surface area contributed by atoms with Crippen molar-refractivity contribution < 1.29 is 4.42 Å². The largest absolute Gasteiger partial charge is 0.456 e. The molecule has 0 radical (unpaired) electrons. The Labute approximate surface area is 341 Å². The minimum Gasteiger partial charge on any atom is -0.456 e. The Kier molecular flexibility index (Phi) is 8.45. The van der Waals surface area contributed by atoms with E-state index in [2.05, 4.69) is 176 Å². The minimum atomic E-state index is 0.587. The number of nitrogens with zero attached hydrogens (tertiary/aromatic N) is 3. The van der Waals surface area contributed by atoms with Crippen molar-refractivity contribution in [3.05, 3.63) is 212 Å². The van der Waals surface area contributed by atoms with Gasteiger partial charge in [0, 0.05) is 27.5 Å². The third-order valence-electron chi connectivity index (χ3n) is 11.1. The molecule has 4 nitrogen and oxygen atoms in total. The molecule has 2 heterocycles. The number of hydrogen-bond donors (Lipinski definition) is 0. The molecule has 0 saturated heterocycles. The van der Waals surface area contributed by atoms with Crippen molar-refractivity contribution in [2.75, 3.05) is 0 Å². The molecule has 0 aliphatic carbocycles. The highest BCUT2D eigenvalue weighted by Gasteiger charge is 2.16. The van der Waals surface area contributed by atoms with Crippen LogP contribution >= 0.6 is 0 Å². The second kappa shape index (κ2) is 14.5. The Morgan fingerprint density at radius 3 is 1.14 bits per heavy atom. The molecule has 0 atom stereocenters. The Balaban J connectivity index is 0.979. The molecular formula is C55H35N3O. The van der Waals surface area contributed by atoms with Gasteiger partial charge in [-0.2, -0.15) is 0 Å². The van der Waals surface area contributed by atoms with E-state index in [0.29, 0.717) is 17.5 Å². The van der Waals surface area contributed by atoms with Gasteiger partial charge in [0.15, 0.2) is 17.5 Å². The lowest BCUT2D eigenvalue weighted by Crippen LogP contribution is -2.00. The molecule has 4 heteroatoms. The standard InChI is InChI=1S/C55H35N3O/c1-4-12-36(13-5-1)38-20-22-39(23-21-38)47-30-46(37-14-6-2-7-15-37)31-48(32-47)40-24-26-42(27-25-40)54-56-53(41-16-8-3-9-17-41)57-55(58-54)45-28-29-49-50-33-43-18-10-11-19-44(43)34-52(50)59-51(49)35-45/h1-35H. The van der Waals surface area contributed by atoms with Gasteiger partial charge in [-0.25, -0.2) is 15.0 Å².